The van der Waals surface area contributed by atoms with E-state index < -0.39 is 0 Å². The predicted molar refractivity (Wildman–Crippen MR) is 90.3 cm³/mol. The molecule has 5 heteroatoms. The molecule has 0 aliphatic carbocycles. The van der Waals surface area contributed by atoms with Crippen molar-refractivity contribution in [3.63, 3.8) is 0 Å². The van der Waals surface area contributed by atoms with E-state index in [-0.39, 0.29) is 11.9 Å². The number of amides is 1. The third-order valence-corrected chi connectivity index (χ3v) is 5.52. The van der Waals surface area contributed by atoms with E-state index in [4.69, 9.17) is 11.6 Å². The number of carbonyl (C=O) groups excluding carboxylic acids is 1. The van der Waals surface area contributed by atoms with Gasteiger partial charge in [-0.15, -0.1) is 11.8 Å². The summed E-state index contributed by atoms with van der Waals surface area (Å²) in [4.78, 5) is 15.9. The molecule has 1 amide bonds. The topological polar surface area (TPSA) is 20.3 Å². The van der Waals surface area contributed by atoms with Gasteiger partial charge in [-0.05, 0) is 37.3 Å². The minimum Gasteiger partial charge on any atom is -0.335 e. The number of thioether (sulfide) groups is 1. The Balaban J connectivity index is 2.28. The lowest BCUT2D eigenvalue weighted by molar-refractivity contribution is 0.0702. The highest BCUT2D eigenvalue weighted by Crippen LogP contribution is 2.27. The second-order valence-corrected chi connectivity index (χ2v) is 6.94. The molecule has 1 fully saturated rings. The number of likely N-dealkylation sites (tertiary alicyclic amines) is 1. The van der Waals surface area contributed by atoms with Crippen molar-refractivity contribution in [2.45, 2.75) is 36.6 Å². The smallest absolute Gasteiger partial charge is 0.255 e. The normalized spacial score (nSPS) is 19.8. The molecule has 0 bridgehead atoms. The molecule has 1 aromatic carbocycles. The predicted octanol–water partition coefficient (Wildman–Crippen LogP) is 4.84. The van der Waals surface area contributed by atoms with Crippen molar-refractivity contribution in [1.82, 2.24) is 4.90 Å². The number of nitrogens with zero attached hydrogens (tertiary/aromatic N) is 1. The summed E-state index contributed by atoms with van der Waals surface area (Å²) in [5, 5.41) is 1.38. The average Bonchev–Trinajstić information content (AvgIpc) is 2.72. The molecule has 110 valence electrons. The van der Waals surface area contributed by atoms with Crippen molar-refractivity contribution < 1.29 is 4.79 Å². The van der Waals surface area contributed by atoms with Crippen LogP contribution in [-0.2, 0) is 0 Å². The van der Waals surface area contributed by atoms with Gasteiger partial charge in [0, 0.05) is 22.8 Å². The van der Waals surface area contributed by atoms with E-state index in [0.717, 1.165) is 29.6 Å². The number of rotatable bonds is 3. The molecule has 0 aromatic heterocycles. The van der Waals surface area contributed by atoms with Gasteiger partial charge in [0.25, 0.3) is 5.91 Å². The highest BCUT2D eigenvalue weighted by Gasteiger charge is 2.26. The number of benzene rings is 1. The van der Waals surface area contributed by atoms with Crippen molar-refractivity contribution in [1.29, 1.82) is 0 Å². The van der Waals surface area contributed by atoms with E-state index in [1.54, 1.807) is 11.8 Å². The van der Waals surface area contributed by atoms with Gasteiger partial charge in [0.1, 0.15) is 0 Å². The Morgan fingerprint density at radius 2 is 2.25 bits per heavy atom. The highest BCUT2D eigenvalue weighted by atomic mass is 79.9. The molecule has 1 heterocycles. The maximum atomic E-state index is 12.8. The lowest BCUT2D eigenvalue weighted by atomic mass is 10.1. The van der Waals surface area contributed by atoms with Gasteiger partial charge < -0.3 is 4.90 Å². The van der Waals surface area contributed by atoms with E-state index in [9.17, 15) is 4.79 Å². The van der Waals surface area contributed by atoms with E-state index >= 15 is 0 Å². The second-order valence-electron chi connectivity index (χ2n) is 5.00. The van der Waals surface area contributed by atoms with Crippen molar-refractivity contribution >= 4 is 45.2 Å². The lowest BCUT2D eigenvalue weighted by Gasteiger charge is -2.29. The van der Waals surface area contributed by atoms with Gasteiger partial charge in [-0.3, -0.25) is 4.79 Å². The zero-order valence-corrected chi connectivity index (χ0v) is 14.7. The summed E-state index contributed by atoms with van der Waals surface area (Å²) in [6.45, 7) is 0.828. The molecular weight excluding hydrogens is 358 g/mol. The number of alkyl halides is 1. The SMILES string of the molecule is CSc1ccc(Cl)c(C(=O)N2CCCCCC2CBr)c1. The van der Waals surface area contributed by atoms with E-state index in [0.29, 0.717) is 10.6 Å². The Labute approximate surface area is 138 Å². The van der Waals surface area contributed by atoms with Gasteiger partial charge in [0.2, 0.25) is 0 Å². The monoisotopic (exact) mass is 375 g/mol. The van der Waals surface area contributed by atoms with Crippen molar-refractivity contribution in [2.24, 2.45) is 0 Å². The van der Waals surface area contributed by atoms with Gasteiger partial charge >= 0.3 is 0 Å². The molecule has 0 N–H and O–H groups in total. The zero-order valence-electron chi connectivity index (χ0n) is 11.6. The van der Waals surface area contributed by atoms with Crippen LogP contribution >= 0.6 is 39.3 Å². The Morgan fingerprint density at radius 3 is 2.95 bits per heavy atom. The summed E-state index contributed by atoms with van der Waals surface area (Å²) >= 11 is 11.4. The summed E-state index contributed by atoms with van der Waals surface area (Å²) in [5.74, 6) is 0.0669. The molecule has 1 aromatic rings. The van der Waals surface area contributed by atoms with Gasteiger partial charge in [0.15, 0.2) is 0 Å². The molecule has 2 nitrogen and oxygen atoms in total. The van der Waals surface area contributed by atoms with Crippen molar-refractivity contribution in [2.75, 3.05) is 18.1 Å². The maximum absolute atomic E-state index is 12.8. The van der Waals surface area contributed by atoms with Crippen LogP contribution in [0.3, 0.4) is 0 Å². The molecule has 0 saturated carbocycles. The molecule has 0 spiro atoms. The molecule has 2 rings (SSSR count). The lowest BCUT2D eigenvalue weighted by Crippen LogP contribution is -2.41. The maximum Gasteiger partial charge on any atom is 0.255 e. The third kappa shape index (κ3) is 3.71. The van der Waals surface area contributed by atoms with Gasteiger partial charge in [-0.25, -0.2) is 0 Å². The minimum atomic E-state index is 0.0669. The molecule has 1 unspecified atom stereocenters. The molecule has 1 atom stereocenters. The van der Waals surface area contributed by atoms with Crippen LogP contribution in [0.2, 0.25) is 5.02 Å². The number of halogens is 2. The van der Waals surface area contributed by atoms with E-state index in [1.807, 2.05) is 29.4 Å². The fourth-order valence-corrected chi connectivity index (χ4v) is 3.87. The Bertz CT molecular complexity index is 483. The summed E-state index contributed by atoms with van der Waals surface area (Å²) in [7, 11) is 0. The van der Waals surface area contributed by atoms with Crippen LogP contribution in [0.5, 0.6) is 0 Å². The summed E-state index contributed by atoms with van der Waals surface area (Å²) in [6.07, 6.45) is 6.54. The third-order valence-electron chi connectivity index (χ3n) is 3.72. The number of carbonyl (C=O) groups is 1. The first kappa shape index (κ1) is 16.2. The van der Waals surface area contributed by atoms with Crippen molar-refractivity contribution in [3.05, 3.63) is 28.8 Å². The van der Waals surface area contributed by atoms with Crippen LogP contribution in [0.15, 0.2) is 23.1 Å². The van der Waals surface area contributed by atoms with Crippen LogP contribution in [0.4, 0.5) is 0 Å². The summed E-state index contributed by atoms with van der Waals surface area (Å²) in [5.41, 5.74) is 0.631. The van der Waals surface area contributed by atoms with Gasteiger partial charge in [-0.1, -0.05) is 40.4 Å². The van der Waals surface area contributed by atoms with Crippen LogP contribution in [0, 0.1) is 0 Å². The minimum absolute atomic E-state index is 0.0669. The Morgan fingerprint density at radius 1 is 1.45 bits per heavy atom. The summed E-state index contributed by atoms with van der Waals surface area (Å²) < 4.78 is 0. The van der Waals surface area contributed by atoms with Crippen LogP contribution in [-0.4, -0.2) is 35.0 Å². The van der Waals surface area contributed by atoms with E-state index in [2.05, 4.69) is 15.9 Å². The van der Waals surface area contributed by atoms with Gasteiger partial charge in [0.05, 0.1) is 10.6 Å². The molecule has 0 radical (unpaired) electrons. The standard InChI is InChI=1S/C15H19BrClNOS/c1-20-12-6-7-14(17)13(9-12)15(19)18-8-4-2-3-5-11(18)10-16/h6-7,9,11H,2-5,8,10H2,1H3. The zero-order chi connectivity index (χ0) is 14.5. The first-order valence-electron chi connectivity index (χ1n) is 6.88. The van der Waals surface area contributed by atoms with E-state index in [1.165, 1.54) is 12.8 Å². The fraction of sp³-hybridized carbons (Fsp3) is 0.533. The first-order chi connectivity index (χ1) is 9.67. The van der Waals surface area contributed by atoms with Crippen LogP contribution in [0.25, 0.3) is 0 Å². The molecule has 1 aliphatic rings. The number of hydrogen-bond acceptors (Lipinski definition) is 2. The second kappa shape index (κ2) is 7.71. The van der Waals surface area contributed by atoms with Gasteiger partial charge in [-0.2, -0.15) is 0 Å². The molecule has 1 saturated heterocycles. The largest absolute Gasteiger partial charge is 0.335 e. The quantitative estimate of drug-likeness (QED) is 0.555. The highest BCUT2D eigenvalue weighted by molar-refractivity contribution is 9.09. The van der Waals surface area contributed by atoms with Crippen LogP contribution in [0.1, 0.15) is 36.0 Å². The molecular formula is C15H19BrClNOS. The van der Waals surface area contributed by atoms with Crippen LogP contribution < -0.4 is 0 Å². The molecule has 20 heavy (non-hydrogen) atoms. The Kier molecular flexibility index (Phi) is 6.24. The van der Waals surface area contributed by atoms with Crippen molar-refractivity contribution in [3.8, 4) is 0 Å². The summed E-state index contributed by atoms with van der Waals surface area (Å²) in [6, 6.07) is 5.96. The average molecular weight is 377 g/mol. The fourth-order valence-electron chi connectivity index (χ4n) is 2.56. The first-order valence-corrected chi connectivity index (χ1v) is 9.60. The number of hydrogen-bond donors (Lipinski definition) is 0. The molecule has 1 aliphatic heterocycles. The Hall–Kier alpha value is -0.190.